The number of carboxylic acid groups (broad SMARTS) is 1. The summed E-state index contributed by atoms with van der Waals surface area (Å²) in [6.07, 6.45) is 0. The van der Waals surface area contributed by atoms with Crippen LogP contribution in [0.1, 0.15) is 33.1 Å². The quantitative estimate of drug-likeness (QED) is 0.268. The summed E-state index contributed by atoms with van der Waals surface area (Å²) in [4.78, 5) is 39.3. The fraction of sp³-hybridized carbons (Fsp3) is 0.179. The Morgan fingerprint density at radius 2 is 1.54 bits per heavy atom. The molecule has 1 atom stereocenters. The van der Waals surface area contributed by atoms with Crippen LogP contribution in [-0.4, -0.2) is 54.1 Å². The SMILES string of the molecule is COc1ccc(/C(O)=C2\C(=O)C(=O)N(Cc3ccc(C(=O)O)cc3)C2c2ccccc2OC)c(OC)c1. The summed E-state index contributed by atoms with van der Waals surface area (Å²) in [7, 11) is 4.38. The van der Waals surface area contributed by atoms with Crippen molar-refractivity contribution in [1.82, 2.24) is 4.90 Å². The molecule has 37 heavy (non-hydrogen) atoms. The lowest BCUT2D eigenvalue weighted by Gasteiger charge is -2.27. The van der Waals surface area contributed by atoms with Crippen LogP contribution in [-0.2, 0) is 16.1 Å². The van der Waals surface area contributed by atoms with Gasteiger partial charge in [0.15, 0.2) is 0 Å². The fourth-order valence-electron chi connectivity index (χ4n) is 4.35. The minimum atomic E-state index is -1.07. The molecule has 2 N–H and O–H groups in total. The van der Waals surface area contributed by atoms with Crippen LogP contribution in [0.4, 0.5) is 0 Å². The zero-order chi connectivity index (χ0) is 26.7. The van der Waals surface area contributed by atoms with Gasteiger partial charge in [-0.05, 0) is 35.9 Å². The number of aliphatic hydroxyl groups is 1. The monoisotopic (exact) mass is 503 g/mol. The summed E-state index contributed by atoms with van der Waals surface area (Å²) >= 11 is 0. The molecule has 0 radical (unpaired) electrons. The van der Waals surface area contributed by atoms with Gasteiger partial charge in [-0.15, -0.1) is 0 Å². The zero-order valence-electron chi connectivity index (χ0n) is 20.4. The third-order valence-corrected chi connectivity index (χ3v) is 6.19. The van der Waals surface area contributed by atoms with E-state index in [2.05, 4.69) is 0 Å². The summed E-state index contributed by atoms with van der Waals surface area (Å²) < 4.78 is 16.2. The van der Waals surface area contributed by atoms with Gasteiger partial charge in [0.25, 0.3) is 11.7 Å². The van der Waals surface area contributed by atoms with Gasteiger partial charge in [-0.1, -0.05) is 30.3 Å². The number of amides is 1. The van der Waals surface area contributed by atoms with Crippen molar-refractivity contribution in [2.45, 2.75) is 12.6 Å². The van der Waals surface area contributed by atoms with E-state index >= 15 is 0 Å². The molecule has 190 valence electrons. The second-order valence-corrected chi connectivity index (χ2v) is 8.24. The number of hydrogen-bond acceptors (Lipinski definition) is 7. The molecule has 0 aromatic heterocycles. The summed E-state index contributed by atoms with van der Waals surface area (Å²) in [6, 6.07) is 16.7. The van der Waals surface area contributed by atoms with E-state index in [4.69, 9.17) is 14.2 Å². The molecule has 0 bridgehead atoms. The number of aromatic carboxylic acids is 1. The molecule has 3 aromatic carbocycles. The van der Waals surface area contributed by atoms with Crippen molar-refractivity contribution in [3.63, 3.8) is 0 Å². The number of aliphatic hydroxyl groups excluding tert-OH is 1. The molecule has 1 saturated heterocycles. The Labute approximate surface area is 213 Å². The first-order chi connectivity index (χ1) is 17.8. The van der Waals surface area contributed by atoms with Crippen LogP contribution in [0.5, 0.6) is 17.2 Å². The molecule has 0 aliphatic carbocycles. The Bertz CT molecular complexity index is 1390. The maximum atomic E-state index is 13.4. The maximum Gasteiger partial charge on any atom is 0.335 e. The first kappa shape index (κ1) is 25.3. The number of nitrogens with zero attached hydrogens (tertiary/aromatic N) is 1. The molecule has 1 amide bonds. The van der Waals surface area contributed by atoms with Crippen LogP contribution in [0, 0.1) is 0 Å². The number of ketones is 1. The number of carbonyl (C=O) groups excluding carboxylic acids is 2. The van der Waals surface area contributed by atoms with Gasteiger partial charge in [0, 0.05) is 18.2 Å². The van der Waals surface area contributed by atoms with Crippen molar-refractivity contribution in [3.8, 4) is 17.2 Å². The van der Waals surface area contributed by atoms with E-state index in [1.165, 1.54) is 38.4 Å². The van der Waals surface area contributed by atoms with Crippen LogP contribution in [0.25, 0.3) is 5.76 Å². The second kappa shape index (κ2) is 10.4. The molecule has 1 aliphatic rings. The van der Waals surface area contributed by atoms with E-state index in [0.717, 1.165) is 0 Å². The molecule has 4 rings (SSSR count). The van der Waals surface area contributed by atoms with Gasteiger partial charge in [0.1, 0.15) is 23.0 Å². The third-order valence-electron chi connectivity index (χ3n) is 6.19. The Kier molecular flexibility index (Phi) is 7.15. The van der Waals surface area contributed by atoms with E-state index in [1.54, 1.807) is 54.6 Å². The Balaban J connectivity index is 1.89. The number of ether oxygens (including phenoxy) is 3. The standard InChI is InChI=1S/C28H25NO8/c1-35-18-12-13-20(22(14-18)37-3)25(30)23-24(19-6-4-5-7-21(19)36-2)29(27(32)26(23)31)15-16-8-10-17(11-9-16)28(33)34/h4-14,24,30H,15H2,1-3H3,(H,33,34)/b25-23+. The van der Waals surface area contributed by atoms with Crippen molar-refractivity contribution >= 4 is 23.4 Å². The number of benzene rings is 3. The Hall–Kier alpha value is -4.79. The Morgan fingerprint density at radius 1 is 0.865 bits per heavy atom. The van der Waals surface area contributed by atoms with E-state index < -0.39 is 29.5 Å². The second-order valence-electron chi connectivity index (χ2n) is 8.24. The van der Waals surface area contributed by atoms with E-state index in [-0.39, 0.29) is 29.0 Å². The zero-order valence-corrected chi connectivity index (χ0v) is 20.4. The van der Waals surface area contributed by atoms with Gasteiger partial charge in [0.2, 0.25) is 0 Å². The average molecular weight is 504 g/mol. The molecule has 1 aliphatic heterocycles. The van der Waals surface area contributed by atoms with Crippen molar-refractivity contribution < 1.29 is 38.8 Å². The molecule has 3 aromatic rings. The number of carboxylic acids is 1. The van der Waals surface area contributed by atoms with Crippen molar-refractivity contribution in [2.75, 3.05) is 21.3 Å². The van der Waals surface area contributed by atoms with Crippen LogP contribution < -0.4 is 14.2 Å². The van der Waals surface area contributed by atoms with E-state index in [0.29, 0.717) is 22.6 Å². The van der Waals surface area contributed by atoms with Crippen LogP contribution in [0.15, 0.2) is 72.3 Å². The fourth-order valence-corrected chi connectivity index (χ4v) is 4.35. The first-order valence-corrected chi connectivity index (χ1v) is 11.3. The van der Waals surface area contributed by atoms with Gasteiger partial charge in [-0.2, -0.15) is 0 Å². The third kappa shape index (κ3) is 4.71. The number of methoxy groups -OCH3 is 3. The number of para-hydroxylation sites is 1. The van der Waals surface area contributed by atoms with Crippen LogP contribution in [0.2, 0.25) is 0 Å². The lowest BCUT2D eigenvalue weighted by Crippen LogP contribution is -2.29. The van der Waals surface area contributed by atoms with Crippen molar-refractivity contribution in [1.29, 1.82) is 0 Å². The van der Waals surface area contributed by atoms with Gasteiger partial charge in [-0.3, -0.25) is 9.59 Å². The first-order valence-electron chi connectivity index (χ1n) is 11.3. The molecule has 9 nitrogen and oxygen atoms in total. The average Bonchev–Trinajstić information content (AvgIpc) is 3.17. The summed E-state index contributed by atoms with van der Waals surface area (Å²) in [5.74, 6) is -1.99. The lowest BCUT2D eigenvalue weighted by atomic mass is 9.94. The predicted octanol–water partition coefficient (Wildman–Crippen LogP) is 4.03. The summed E-state index contributed by atoms with van der Waals surface area (Å²) in [5, 5.41) is 20.6. The summed E-state index contributed by atoms with van der Waals surface area (Å²) in [6.45, 7) is -0.0102. The molecular weight excluding hydrogens is 478 g/mol. The largest absolute Gasteiger partial charge is 0.507 e. The highest BCUT2D eigenvalue weighted by atomic mass is 16.5. The molecule has 0 saturated carbocycles. The van der Waals surface area contributed by atoms with Gasteiger partial charge in [-0.25, -0.2) is 4.79 Å². The van der Waals surface area contributed by atoms with Crippen LogP contribution in [0.3, 0.4) is 0 Å². The molecule has 9 heteroatoms. The van der Waals surface area contributed by atoms with Crippen molar-refractivity contribution in [2.24, 2.45) is 0 Å². The number of Topliss-reactive ketones (excluding diaryl/α,β-unsaturated/α-hetero) is 1. The Morgan fingerprint density at radius 3 is 2.16 bits per heavy atom. The number of rotatable bonds is 8. The summed E-state index contributed by atoms with van der Waals surface area (Å²) in [5.41, 5.74) is 1.29. The molecule has 1 unspecified atom stereocenters. The maximum absolute atomic E-state index is 13.4. The number of hydrogen-bond donors (Lipinski definition) is 2. The molecule has 0 spiro atoms. The van der Waals surface area contributed by atoms with Gasteiger partial charge >= 0.3 is 5.97 Å². The lowest BCUT2D eigenvalue weighted by molar-refractivity contribution is -0.140. The van der Waals surface area contributed by atoms with E-state index in [9.17, 15) is 24.6 Å². The van der Waals surface area contributed by atoms with Gasteiger partial charge < -0.3 is 29.3 Å². The van der Waals surface area contributed by atoms with Gasteiger partial charge in [0.05, 0.1) is 44.1 Å². The number of likely N-dealkylation sites (tertiary alicyclic amines) is 1. The molecule has 1 heterocycles. The highest BCUT2D eigenvalue weighted by Gasteiger charge is 2.47. The predicted molar refractivity (Wildman–Crippen MR) is 134 cm³/mol. The normalized spacial score (nSPS) is 16.5. The minimum Gasteiger partial charge on any atom is -0.507 e. The molecular formula is C28H25NO8. The smallest absolute Gasteiger partial charge is 0.335 e. The highest BCUT2D eigenvalue weighted by Crippen LogP contribution is 2.44. The van der Waals surface area contributed by atoms with E-state index in [1.807, 2.05) is 0 Å². The number of carbonyl (C=O) groups is 3. The van der Waals surface area contributed by atoms with Crippen LogP contribution >= 0.6 is 0 Å². The highest BCUT2D eigenvalue weighted by molar-refractivity contribution is 6.46. The van der Waals surface area contributed by atoms with Crippen molar-refractivity contribution in [3.05, 3.63) is 94.6 Å². The minimum absolute atomic E-state index is 0.0102. The molecule has 1 fully saturated rings. The topological polar surface area (TPSA) is 123 Å².